The van der Waals surface area contributed by atoms with Gasteiger partial charge in [0, 0.05) is 5.69 Å². The van der Waals surface area contributed by atoms with Crippen LogP contribution in [-0.2, 0) is 9.59 Å². The lowest BCUT2D eigenvalue weighted by Gasteiger charge is -2.13. The monoisotopic (exact) mass is 262 g/mol. The minimum Gasteiger partial charge on any atom is -0.480 e. The molecular weight excluding hydrogens is 244 g/mol. The second-order valence-electron chi connectivity index (χ2n) is 4.95. The van der Waals surface area contributed by atoms with Crippen LogP contribution in [0.15, 0.2) is 24.3 Å². The Hall–Kier alpha value is -1.88. The SMILES string of the molecule is Cc1ccc(NC(=O)CNC(C(=O)O)C2CC2)cc1. The molecule has 0 aliphatic heterocycles. The van der Waals surface area contributed by atoms with Gasteiger partial charge in [0.2, 0.25) is 5.91 Å². The first kappa shape index (κ1) is 13.5. The molecule has 0 heterocycles. The van der Waals surface area contributed by atoms with E-state index in [1.807, 2.05) is 31.2 Å². The topological polar surface area (TPSA) is 78.4 Å². The van der Waals surface area contributed by atoms with Crippen LogP contribution < -0.4 is 10.6 Å². The molecule has 1 unspecified atom stereocenters. The Bertz CT molecular complexity index is 466. The zero-order chi connectivity index (χ0) is 13.8. The first-order valence-electron chi connectivity index (χ1n) is 6.39. The number of aliphatic carboxylic acids is 1. The molecule has 1 fully saturated rings. The van der Waals surface area contributed by atoms with Gasteiger partial charge in [-0.05, 0) is 37.8 Å². The molecule has 5 heteroatoms. The highest BCUT2D eigenvalue weighted by Crippen LogP contribution is 2.32. The van der Waals surface area contributed by atoms with Gasteiger partial charge in [-0.25, -0.2) is 0 Å². The van der Waals surface area contributed by atoms with Gasteiger partial charge in [0.05, 0.1) is 6.54 Å². The van der Waals surface area contributed by atoms with Gasteiger partial charge in [0.15, 0.2) is 0 Å². The number of carbonyl (C=O) groups is 2. The molecule has 0 saturated heterocycles. The molecule has 0 bridgehead atoms. The second kappa shape index (κ2) is 5.84. The molecule has 0 aromatic heterocycles. The Morgan fingerprint density at radius 1 is 1.32 bits per heavy atom. The Morgan fingerprint density at radius 2 is 1.95 bits per heavy atom. The van der Waals surface area contributed by atoms with Gasteiger partial charge in [-0.2, -0.15) is 0 Å². The second-order valence-corrected chi connectivity index (χ2v) is 4.95. The van der Waals surface area contributed by atoms with Crippen LogP contribution in [0.2, 0.25) is 0 Å². The van der Waals surface area contributed by atoms with Crippen LogP contribution in [0.5, 0.6) is 0 Å². The smallest absolute Gasteiger partial charge is 0.320 e. The van der Waals surface area contributed by atoms with Crippen LogP contribution in [-0.4, -0.2) is 29.6 Å². The molecule has 1 aliphatic carbocycles. The Balaban J connectivity index is 1.80. The van der Waals surface area contributed by atoms with Crippen LogP contribution in [0.3, 0.4) is 0 Å². The van der Waals surface area contributed by atoms with Crippen molar-refractivity contribution in [2.75, 3.05) is 11.9 Å². The van der Waals surface area contributed by atoms with E-state index in [2.05, 4.69) is 10.6 Å². The first-order valence-corrected chi connectivity index (χ1v) is 6.39. The van der Waals surface area contributed by atoms with Crippen LogP contribution in [0, 0.1) is 12.8 Å². The van der Waals surface area contributed by atoms with Crippen molar-refractivity contribution < 1.29 is 14.7 Å². The molecule has 1 aromatic rings. The van der Waals surface area contributed by atoms with E-state index < -0.39 is 12.0 Å². The fourth-order valence-electron chi connectivity index (χ4n) is 1.93. The van der Waals surface area contributed by atoms with E-state index in [0.29, 0.717) is 0 Å². The van der Waals surface area contributed by atoms with Crippen LogP contribution in [0.1, 0.15) is 18.4 Å². The third-order valence-corrected chi connectivity index (χ3v) is 3.18. The van der Waals surface area contributed by atoms with E-state index >= 15 is 0 Å². The van der Waals surface area contributed by atoms with Crippen molar-refractivity contribution in [2.24, 2.45) is 5.92 Å². The number of benzene rings is 1. The summed E-state index contributed by atoms with van der Waals surface area (Å²) in [6.07, 6.45) is 1.84. The number of hydrogen-bond donors (Lipinski definition) is 3. The highest BCUT2D eigenvalue weighted by atomic mass is 16.4. The predicted molar refractivity (Wildman–Crippen MR) is 72.0 cm³/mol. The van der Waals surface area contributed by atoms with Gasteiger partial charge in [-0.15, -0.1) is 0 Å². The predicted octanol–water partition coefficient (Wildman–Crippen LogP) is 1.39. The van der Waals surface area contributed by atoms with E-state index in [4.69, 9.17) is 5.11 Å². The number of carboxylic acids is 1. The van der Waals surface area contributed by atoms with Gasteiger partial charge >= 0.3 is 5.97 Å². The van der Waals surface area contributed by atoms with Crippen LogP contribution in [0.25, 0.3) is 0 Å². The normalized spacial score (nSPS) is 15.8. The molecule has 0 radical (unpaired) electrons. The molecule has 1 aromatic carbocycles. The summed E-state index contributed by atoms with van der Waals surface area (Å²) in [5, 5.41) is 14.6. The fourth-order valence-corrected chi connectivity index (χ4v) is 1.93. The molecule has 1 saturated carbocycles. The first-order chi connectivity index (χ1) is 9.06. The Labute approximate surface area is 112 Å². The van der Waals surface area contributed by atoms with E-state index in [9.17, 15) is 9.59 Å². The zero-order valence-electron chi connectivity index (χ0n) is 10.8. The maximum atomic E-state index is 11.7. The van der Waals surface area contributed by atoms with Crippen molar-refractivity contribution in [3.05, 3.63) is 29.8 Å². The lowest BCUT2D eigenvalue weighted by Crippen LogP contribution is -2.42. The van der Waals surface area contributed by atoms with Crippen molar-refractivity contribution in [2.45, 2.75) is 25.8 Å². The summed E-state index contributed by atoms with van der Waals surface area (Å²) in [6, 6.07) is 6.86. The lowest BCUT2D eigenvalue weighted by atomic mass is 10.2. The number of nitrogens with one attached hydrogen (secondary N) is 2. The number of hydrogen-bond acceptors (Lipinski definition) is 3. The molecule has 19 heavy (non-hydrogen) atoms. The summed E-state index contributed by atoms with van der Waals surface area (Å²) in [5.74, 6) is -0.939. The molecule has 3 N–H and O–H groups in total. The highest BCUT2D eigenvalue weighted by molar-refractivity contribution is 5.92. The van der Waals surface area contributed by atoms with E-state index in [1.54, 1.807) is 0 Å². The van der Waals surface area contributed by atoms with Gasteiger partial charge in [0.1, 0.15) is 6.04 Å². The third-order valence-electron chi connectivity index (χ3n) is 3.18. The summed E-state index contributed by atoms with van der Waals surface area (Å²) in [7, 11) is 0. The molecule has 0 spiro atoms. The molecule has 102 valence electrons. The number of carbonyl (C=O) groups excluding carboxylic acids is 1. The number of aryl methyl sites for hydroxylation is 1. The minimum atomic E-state index is -0.884. The lowest BCUT2D eigenvalue weighted by molar-refractivity contribution is -0.140. The summed E-state index contributed by atoms with van der Waals surface area (Å²) in [4.78, 5) is 22.7. The van der Waals surface area contributed by atoms with Crippen molar-refractivity contribution >= 4 is 17.6 Å². The maximum Gasteiger partial charge on any atom is 0.320 e. The maximum absolute atomic E-state index is 11.7. The summed E-state index contributed by atoms with van der Waals surface area (Å²) in [5.41, 5.74) is 1.84. The Morgan fingerprint density at radius 3 is 2.47 bits per heavy atom. The van der Waals surface area contributed by atoms with Crippen LogP contribution >= 0.6 is 0 Å². The largest absolute Gasteiger partial charge is 0.480 e. The summed E-state index contributed by atoms with van der Waals surface area (Å²) in [6.45, 7) is 1.99. The molecule has 2 rings (SSSR count). The summed E-state index contributed by atoms with van der Waals surface area (Å²) < 4.78 is 0. The van der Waals surface area contributed by atoms with Gasteiger partial charge in [-0.3, -0.25) is 14.9 Å². The summed E-state index contributed by atoms with van der Waals surface area (Å²) >= 11 is 0. The van der Waals surface area contributed by atoms with Crippen molar-refractivity contribution in [1.29, 1.82) is 0 Å². The van der Waals surface area contributed by atoms with Crippen LogP contribution in [0.4, 0.5) is 5.69 Å². The highest BCUT2D eigenvalue weighted by Gasteiger charge is 2.36. The van der Waals surface area contributed by atoms with Crippen molar-refractivity contribution in [3.8, 4) is 0 Å². The number of carboxylic acid groups (broad SMARTS) is 1. The molecule has 1 atom stereocenters. The van der Waals surface area contributed by atoms with E-state index in [0.717, 1.165) is 24.1 Å². The molecule has 1 amide bonds. The van der Waals surface area contributed by atoms with E-state index in [-0.39, 0.29) is 18.4 Å². The molecule has 1 aliphatic rings. The number of rotatable bonds is 6. The quantitative estimate of drug-likeness (QED) is 0.724. The van der Waals surface area contributed by atoms with Gasteiger partial charge in [0.25, 0.3) is 0 Å². The number of amides is 1. The van der Waals surface area contributed by atoms with Gasteiger partial charge < -0.3 is 10.4 Å². The van der Waals surface area contributed by atoms with Crippen molar-refractivity contribution in [3.63, 3.8) is 0 Å². The average Bonchev–Trinajstić information content (AvgIpc) is 3.16. The molecule has 5 nitrogen and oxygen atoms in total. The van der Waals surface area contributed by atoms with Gasteiger partial charge in [-0.1, -0.05) is 17.7 Å². The Kier molecular flexibility index (Phi) is 4.16. The van der Waals surface area contributed by atoms with E-state index in [1.165, 1.54) is 0 Å². The average molecular weight is 262 g/mol. The van der Waals surface area contributed by atoms with Crippen molar-refractivity contribution in [1.82, 2.24) is 5.32 Å². The zero-order valence-corrected chi connectivity index (χ0v) is 10.8. The number of anilines is 1. The third kappa shape index (κ3) is 4.06. The molecular formula is C14H18N2O3. The fraction of sp³-hybridized carbons (Fsp3) is 0.429. The standard InChI is InChI=1S/C14H18N2O3/c1-9-2-6-11(7-3-9)16-12(17)8-15-13(14(18)19)10-4-5-10/h2-3,6-7,10,13,15H,4-5,8H2,1H3,(H,16,17)(H,18,19). The minimum absolute atomic E-state index is 0.0152.